The predicted octanol–water partition coefficient (Wildman–Crippen LogP) is 2.34. The van der Waals surface area contributed by atoms with Crippen LogP contribution in [0.2, 0.25) is 0 Å². The Bertz CT molecular complexity index is 683. The number of carboxylic acids is 1. The van der Waals surface area contributed by atoms with E-state index in [1.54, 1.807) is 0 Å². The summed E-state index contributed by atoms with van der Waals surface area (Å²) in [5, 5.41) is 9.67. The van der Waals surface area contributed by atoms with E-state index in [-0.39, 0.29) is 23.3 Å². The molecule has 4 heteroatoms. The van der Waals surface area contributed by atoms with Crippen molar-refractivity contribution in [1.82, 2.24) is 4.90 Å². The third-order valence-corrected chi connectivity index (χ3v) is 6.09. The minimum absolute atomic E-state index is 0.0887. The molecule has 1 unspecified atom stereocenters. The molecule has 1 amide bonds. The molecule has 22 heavy (non-hydrogen) atoms. The van der Waals surface area contributed by atoms with Crippen molar-refractivity contribution in [2.75, 3.05) is 6.54 Å². The molecule has 1 N–H and O–H groups in total. The molecule has 116 valence electrons. The largest absolute Gasteiger partial charge is 0.481 e. The summed E-state index contributed by atoms with van der Waals surface area (Å²) in [5.74, 6) is -1.02. The Morgan fingerprint density at radius 1 is 1.41 bits per heavy atom. The van der Waals surface area contributed by atoms with Crippen molar-refractivity contribution in [3.63, 3.8) is 0 Å². The Labute approximate surface area is 130 Å². The minimum atomic E-state index is -0.747. The van der Waals surface area contributed by atoms with Crippen LogP contribution in [0.25, 0.3) is 0 Å². The fourth-order valence-electron chi connectivity index (χ4n) is 5.37. The zero-order chi connectivity index (χ0) is 15.6. The van der Waals surface area contributed by atoms with E-state index < -0.39 is 11.9 Å². The zero-order valence-corrected chi connectivity index (χ0v) is 13.0. The molecule has 1 aromatic rings. The molecule has 4 atom stereocenters. The van der Waals surface area contributed by atoms with Crippen LogP contribution >= 0.6 is 0 Å². The molecule has 4 nitrogen and oxygen atoms in total. The SMILES string of the molecule is Cc1ccc2c(c1)CCN1C(=O)C[C@H]3[C@H](C(=O)O)[C@@H](C)CC231. The maximum atomic E-state index is 12.5. The number of nitrogens with zero attached hydrogens (tertiary/aromatic N) is 1. The minimum Gasteiger partial charge on any atom is -0.481 e. The van der Waals surface area contributed by atoms with E-state index in [2.05, 4.69) is 25.1 Å². The average molecular weight is 299 g/mol. The van der Waals surface area contributed by atoms with E-state index in [0.717, 1.165) is 19.4 Å². The predicted molar refractivity (Wildman–Crippen MR) is 81.3 cm³/mol. The van der Waals surface area contributed by atoms with Gasteiger partial charge in [0.15, 0.2) is 0 Å². The summed E-state index contributed by atoms with van der Waals surface area (Å²) < 4.78 is 0. The van der Waals surface area contributed by atoms with E-state index in [1.165, 1.54) is 16.7 Å². The number of fused-ring (bicyclic) bond motifs is 1. The molecule has 3 aliphatic rings. The highest BCUT2D eigenvalue weighted by Gasteiger charge is 2.64. The van der Waals surface area contributed by atoms with E-state index in [0.29, 0.717) is 6.42 Å². The van der Waals surface area contributed by atoms with E-state index in [4.69, 9.17) is 0 Å². The highest BCUT2D eigenvalue weighted by Crippen LogP contribution is 2.60. The third-order valence-electron chi connectivity index (χ3n) is 6.09. The molecular weight excluding hydrogens is 278 g/mol. The van der Waals surface area contributed by atoms with Crippen LogP contribution in [0.1, 0.15) is 36.5 Å². The van der Waals surface area contributed by atoms with Crippen LogP contribution in [0, 0.1) is 24.7 Å². The summed E-state index contributed by atoms with van der Waals surface area (Å²) in [4.78, 5) is 26.3. The van der Waals surface area contributed by atoms with E-state index >= 15 is 0 Å². The standard InChI is InChI=1S/C18H21NO3/c1-10-3-4-13-12(7-10)5-6-19-15(20)8-14-16(17(21)22)11(2)9-18(13,14)19/h3-4,7,11,14,16H,5-6,8-9H2,1-2H3,(H,21,22)/t11-,14-,16+,18?/m0/s1. The van der Waals surface area contributed by atoms with Gasteiger partial charge in [-0.3, -0.25) is 9.59 Å². The lowest BCUT2D eigenvalue weighted by molar-refractivity contribution is -0.144. The molecule has 4 rings (SSSR count). The highest BCUT2D eigenvalue weighted by atomic mass is 16.4. The second-order valence-electron chi connectivity index (χ2n) is 7.24. The van der Waals surface area contributed by atoms with Crippen molar-refractivity contribution >= 4 is 11.9 Å². The molecule has 1 spiro atoms. The molecule has 0 bridgehead atoms. The lowest BCUT2D eigenvalue weighted by atomic mass is 9.74. The average Bonchev–Trinajstić information content (AvgIpc) is 2.86. The van der Waals surface area contributed by atoms with Crippen molar-refractivity contribution in [3.8, 4) is 0 Å². The quantitative estimate of drug-likeness (QED) is 0.866. The summed E-state index contributed by atoms with van der Waals surface area (Å²) in [5.41, 5.74) is 3.36. The van der Waals surface area contributed by atoms with Crippen LogP contribution in [0.15, 0.2) is 18.2 Å². The van der Waals surface area contributed by atoms with Crippen molar-refractivity contribution < 1.29 is 14.7 Å². The summed E-state index contributed by atoms with van der Waals surface area (Å²) in [6.07, 6.45) is 2.04. The smallest absolute Gasteiger partial charge is 0.307 e. The topological polar surface area (TPSA) is 57.6 Å². The Hall–Kier alpha value is -1.84. The van der Waals surface area contributed by atoms with Crippen molar-refractivity contribution in [2.24, 2.45) is 17.8 Å². The van der Waals surface area contributed by atoms with Crippen molar-refractivity contribution in [1.29, 1.82) is 0 Å². The normalized spacial score (nSPS) is 36.0. The van der Waals surface area contributed by atoms with Gasteiger partial charge < -0.3 is 10.0 Å². The van der Waals surface area contributed by atoms with Crippen LogP contribution in [0.3, 0.4) is 0 Å². The number of benzene rings is 1. The number of carbonyl (C=O) groups is 2. The number of amides is 1. The van der Waals surface area contributed by atoms with Gasteiger partial charge >= 0.3 is 5.97 Å². The van der Waals surface area contributed by atoms with Crippen LogP contribution in [-0.2, 0) is 21.5 Å². The number of aryl methyl sites for hydroxylation is 1. The fraction of sp³-hybridized carbons (Fsp3) is 0.556. The summed E-state index contributed by atoms with van der Waals surface area (Å²) in [6, 6.07) is 6.44. The van der Waals surface area contributed by atoms with E-state index in [9.17, 15) is 14.7 Å². The number of hydrogen-bond acceptors (Lipinski definition) is 2. The molecule has 2 aliphatic heterocycles. The Morgan fingerprint density at radius 3 is 2.91 bits per heavy atom. The van der Waals surface area contributed by atoms with Gasteiger partial charge in [0, 0.05) is 18.9 Å². The molecule has 2 fully saturated rings. The van der Waals surface area contributed by atoms with Crippen LogP contribution < -0.4 is 0 Å². The van der Waals surface area contributed by atoms with Crippen molar-refractivity contribution in [3.05, 3.63) is 34.9 Å². The van der Waals surface area contributed by atoms with Gasteiger partial charge in [-0.1, -0.05) is 30.7 Å². The fourth-order valence-corrected chi connectivity index (χ4v) is 5.37. The van der Waals surface area contributed by atoms with Gasteiger partial charge in [-0.25, -0.2) is 0 Å². The molecule has 1 saturated carbocycles. The number of carbonyl (C=O) groups excluding carboxylic acids is 1. The maximum Gasteiger partial charge on any atom is 0.307 e. The number of aliphatic carboxylic acids is 1. The Morgan fingerprint density at radius 2 is 2.18 bits per heavy atom. The first kappa shape index (κ1) is 13.8. The zero-order valence-electron chi connectivity index (χ0n) is 13.0. The van der Waals surface area contributed by atoms with Gasteiger partial charge in [-0.05, 0) is 36.8 Å². The number of hydrogen-bond donors (Lipinski definition) is 1. The van der Waals surface area contributed by atoms with Gasteiger partial charge in [-0.15, -0.1) is 0 Å². The van der Waals surface area contributed by atoms with Crippen LogP contribution in [0.4, 0.5) is 0 Å². The van der Waals surface area contributed by atoms with Crippen LogP contribution in [-0.4, -0.2) is 28.4 Å². The Kier molecular flexibility index (Phi) is 2.72. The van der Waals surface area contributed by atoms with Gasteiger partial charge in [0.25, 0.3) is 0 Å². The summed E-state index contributed by atoms with van der Waals surface area (Å²) >= 11 is 0. The lowest BCUT2D eigenvalue weighted by Gasteiger charge is -2.44. The molecule has 0 radical (unpaired) electrons. The second kappa shape index (κ2) is 4.34. The number of rotatable bonds is 1. The first-order valence-corrected chi connectivity index (χ1v) is 8.08. The summed E-state index contributed by atoms with van der Waals surface area (Å²) in [7, 11) is 0. The van der Waals surface area contributed by atoms with E-state index in [1.807, 2.05) is 11.8 Å². The van der Waals surface area contributed by atoms with Gasteiger partial charge in [0.1, 0.15) is 0 Å². The first-order valence-electron chi connectivity index (χ1n) is 8.08. The lowest BCUT2D eigenvalue weighted by Crippen LogP contribution is -2.49. The van der Waals surface area contributed by atoms with Gasteiger partial charge in [0.05, 0.1) is 11.5 Å². The maximum absolute atomic E-state index is 12.5. The summed E-state index contributed by atoms with van der Waals surface area (Å²) in [6.45, 7) is 4.83. The third kappa shape index (κ3) is 1.53. The van der Waals surface area contributed by atoms with Crippen LogP contribution in [0.5, 0.6) is 0 Å². The molecule has 2 heterocycles. The molecule has 1 aromatic carbocycles. The Balaban J connectivity index is 1.92. The number of carboxylic acid groups (broad SMARTS) is 1. The molecule has 1 saturated heterocycles. The van der Waals surface area contributed by atoms with Crippen molar-refractivity contribution in [2.45, 2.75) is 38.6 Å². The second-order valence-corrected chi connectivity index (χ2v) is 7.24. The first-order chi connectivity index (χ1) is 10.4. The molecular formula is C18H21NO3. The molecule has 0 aromatic heterocycles. The van der Waals surface area contributed by atoms with Gasteiger partial charge in [0.2, 0.25) is 5.91 Å². The highest BCUT2D eigenvalue weighted by molar-refractivity contribution is 5.84. The van der Waals surface area contributed by atoms with Gasteiger partial charge in [-0.2, -0.15) is 0 Å². The monoisotopic (exact) mass is 299 g/mol. The molecule has 1 aliphatic carbocycles.